The predicted octanol–water partition coefficient (Wildman–Crippen LogP) is 5.08. The van der Waals surface area contributed by atoms with E-state index in [4.69, 9.17) is 14.2 Å². The molecule has 2 amide bonds. The topological polar surface area (TPSA) is 85.9 Å². The molecular formula is C25H26N2O5S. The number of thioether (sulfide) groups is 1. The van der Waals surface area contributed by atoms with Gasteiger partial charge in [-0.3, -0.25) is 9.59 Å². The van der Waals surface area contributed by atoms with Crippen molar-refractivity contribution < 1.29 is 23.8 Å². The van der Waals surface area contributed by atoms with Crippen molar-refractivity contribution in [1.29, 1.82) is 0 Å². The zero-order valence-electron chi connectivity index (χ0n) is 18.9. The Morgan fingerprint density at radius 1 is 0.818 bits per heavy atom. The Bertz CT molecular complexity index is 1140. The highest BCUT2D eigenvalue weighted by Gasteiger charge is 2.17. The van der Waals surface area contributed by atoms with Gasteiger partial charge in [0.1, 0.15) is 17.2 Å². The number of rotatable bonds is 9. The molecule has 0 saturated carbocycles. The molecule has 172 valence electrons. The first-order chi connectivity index (χ1) is 15.9. The SMILES string of the molecule is COc1cccc(C(=O)Nc2cccc(SC(C)C(=O)Nc3ccc(OC)cc3OC)c2)c1. The van der Waals surface area contributed by atoms with Crippen molar-refractivity contribution in [2.45, 2.75) is 17.1 Å². The van der Waals surface area contributed by atoms with Crippen LogP contribution in [-0.2, 0) is 4.79 Å². The van der Waals surface area contributed by atoms with Gasteiger partial charge in [0, 0.05) is 22.2 Å². The van der Waals surface area contributed by atoms with Gasteiger partial charge in [-0.1, -0.05) is 12.1 Å². The highest BCUT2D eigenvalue weighted by atomic mass is 32.2. The quantitative estimate of drug-likeness (QED) is 0.428. The Balaban J connectivity index is 1.64. The summed E-state index contributed by atoms with van der Waals surface area (Å²) in [4.78, 5) is 26.2. The lowest BCUT2D eigenvalue weighted by molar-refractivity contribution is -0.115. The summed E-state index contributed by atoms with van der Waals surface area (Å²) in [6.45, 7) is 1.82. The Morgan fingerprint density at radius 3 is 2.27 bits per heavy atom. The van der Waals surface area contributed by atoms with Gasteiger partial charge in [-0.2, -0.15) is 0 Å². The van der Waals surface area contributed by atoms with E-state index in [0.29, 0.717) is 34.2 Å². The summed E-state index contributed by atoms with van der Waals surface area (Å²) >= 11 is 1.39. The number of carbonyl (C=O) groups excluding carboxylic acids is 2. The zero-order valence-corrected chi connectivity index (χ0v) is 19.7. The molecule has 0 heterocycles. The Morgan fingerprint density at radius 2 is 1.55 bits per heavy atom. The smallest absolute Gasteiger partial charge is 0.255 e. The minimum atomic E-state index is -0.388. The van der Waals surface area contributed by atoms with E-state index in [1.165, 1.54) is 18.9 Å². The number of anilines is 2. The molecule has 3 rings (SSSR count). The molecule has 8 heteroatoms. The average molecular weight is 467 g/mol. The van der Waals surface area contributed by atoms with Gasteiger partial charge in [0.25, 0.3) is 5.91 Å². The molecule has 0 aromatic heterocycles. The standard InChI is InChI=1S/C25H26N2O5S/c1-16(24(28)27-22-12-11-20(31-3)15-23(22)32-4)33-21-10-6-8-18(14-21)26-25(29)17-7-5-9-19(13-17)30-2/h5-16H,1-4H3,(H,26,29)(H,27,28). The second-order valence-corrected chi connectivity index (χ2v) is 8.44. The molecule has 1 atom stereocenters. The van der Waals surface area contributed by atoms with Crippen LogP contribution >= 0.6 is 11.8 Å². The molecule has 1 unspecified atom stereocenters. The van der Waals surface area contributed by atoms with E-state index in [1.807, 2.05) is 25.1 Å². The summed E-state index contributed by atoms with van der Waals surface area (Å²) in [6.07, 6.45) is 0. The molecule has 7 nitrogen and oxygen atoms in total. The first-order valence-electron chi connectivity index (χ1n) is 10.2. The van der Waals surface area contributed by atoms with Crippen LogP contribution < -0.4 is 24.8 Å². The van der Waals surface area contributed by atoms with Crippen LogP contribution in [0.3, 0.4) is 0 Å². The number of methoxy groups -OCH3 is 3. The maximum atomic E-state index is 12.7. The van der Waals surface area contributed by atoms with Crippen molar-refractivity contribution in [3.63, 3.8) is 0 Å². The fraction of sp³-hybridized carbons (Fsp3) is 0.200. The fourth-order valence-corrected chi connectivity index (χ4v) is 3.93. The number of hydrogen-bond donors (Lipinski definition) is 2. The summed E-state index contributed by atoms with van der Waals surface area (Å²) in [5, 5.41) is 5.38. The van der Waals surface area contributed by atoms with E-state index >= 15 is 0 Å². The van der Waals surface area contributed by atoms with Crippen molar-refractivity contribution in [3.8, 4) is 17.2 Å². The van der Waals surface area contributed by atoms with Gasteiger partial charge in [-0.15, -0.1) is 11.8 Å². The van der Waals surface area contributed by atoms with Gasteiger partial charge in [-0.25, -0.2) is 0 Å². The second kappa shape index (κ2) is 11.3. The summed E-state index contributed by atoms with van der Waals surface area (Å²) in [5.74, 6) is 1.35. The van der Waals surface area contributed by atoms with E-state index < -0.39 is 0 Å². The van der Waals surface area contributed by atoms with E-state index in [2.05, 4.69) is 10.6 Å². The van der Waals surface area contributed by atoms with Crippen molar-refractivity contribution in [2.75, 3.05) is 32.0 Å². The van der Waals surface area contributed by atoms with Crippen LogP contribution in [0.1, 0.15) is 17.3 Å². The lowest BCUT2D eigenvalue weighted by Crippen LogP contribution is -2.22. The normalized spacial score (nSPS) is 11.3. The third kappa shape index (κ3) is 6.43. The molecule has 0 aliphatic carbocycles. The predicted molar refractivity (Wildman–Crippen MR) is 131 cm³/mol. The van der Waals surface area contributed by atoms with Crippen LogP contribution in [0.4, 0.5) is 11.4 Å². The molecular weight excluding hydrogens is 440 g/mol. The van der Waals surface area contributed by atoms with E-state index in [-0.39, 0.29) is 17.1 Å². The molecule has 3 aromatic rings. The maximum Gasteiger partial charge on any atom is 0.255 e. The van der Waals surface area contributed by atoms with Crippen LogP contribution in [-0.4, -0.2) is 38.4 Å². The van der Waals surface area contributed by atoms with E-state index in [9.17, 15) is 9.59 Å². The van der Waals surface area contributed by atoms with Crippen molar-refractivity contribution >= 4 is 35.0 Å². The van der Waals surface area contributed by atoms with Crippen LogP contribution in [0.15, 0.2) is 71.6 Å². The highest BCUT2D eigenvalue weighted by Crippen LogP contribution is 2.31. The van der Waals surface area contributed by atoms with Crippen LogP contribution in [0.2, 0.25) is 0 Å². The van der Waals surface area contributed by atoms with Gasteiger partial charge in [0.15, 0.2) is 0 Å². The minimum Gasteiger partial charge on any atom is -0.497 e. The van der Waals surface area contributed by atoms with Gasteiger partial charge >= 0.3 is 0 Å². The summed E-state index contributed by atoms with van der Waals surface area (Å²) in [6, 6.07) is 19.5. The van der Waals surface area contributed by atoms with Gasteiger partial charge in [-0.05, 0) is 55.5 Å². The number of nitrogens with one attached hydrogen (secondary N) is 2. The first kappa shape index (κ1) is 24.0. The minimum absolute atomic E-state index is 0.172. The van der Waals surface area contributed by atoms with E-state index in [0.717, 1.165) is 4.90 Å². The summed E-state index contributed by atoms with van der Waals surface area (Å²) in [5.41, 5.74) is 1.70. The molecule has 0 saturated heterocycles. The fourth-order valence-electron chi connectivity index (χ4n) is 3.01. The summed E-state index contributed by atoms with van der Waals surface area (Å²) in [7, 11) is 4.66. The van der Waals surface area contributed by atoms with Crippen molar-refractivity contribution in [1.82, 2.24) is 0 Å². The van der Waals surface area contributed by atoms with Crippen LogP contribution in [0.5, 0.6) is 17.2 Å². The molecule has 3 aromatic carbocycles. The monoisotopic (exact) mass is 466 g/mol. The largest absolute Gasteiger partial charge is 0.497 e. The molecule has 33 heavy (non-hydrogen) atoms. The first-order valence-corrected chi connectivity index (χ1v) is 11.1. The lowest BCUT2D eigenvalue weighted by atomic mass is 10.2. The second-order valence-electron chi connectivity index (χ2n) is 7.03. The van der Waals surface area contributed by atoms with Crippen LogP contribution in [0, 0.1) is 0 Å². The van der Waals surface area contributed by atoms with Gasteiger partial charge in [0.05, 0.1) is 32.3 Å². The Hall–Kier alpha value is -3.65. The van der Waals surface area contributed by atoms with Gasteiger partial charge in [0.2, 0.25) is 5.91 Å². The molecule has 0 bridgehead atoms. The number of ether oxygens (including phenoxy) is 3. The lowest BCUT2D eigenvalue weighted by Gasteiger charge is -2.15. The number of carbonyl (C=O) groups is 2. The number of benzene rings is 3. The Labute approximate surface area is 197 Å². The average Bonchev–Trinajstić information content (AvgIpc) is 2.84. The molecule has 0 aliphatic rings. The molecule has 0 spiro atoms. The summed E-state index contributed by atoms with van der Waals surface area (Å²) < 4.78 is 15.7. The third-order valence-corrected chi connectivity index (χ3v) is 5.87. The molecule has 0 aliphatic heterocycles. The Kier molecular flexibility index (Phi) is 8.21. The van der Waals surface area contributed by atoms with Crippen molar-refractivity contribution in [2.24, 2.45) is 0 Å². The molecule has 0 fully saturated rings. The third-order valence-electron chi connectivity index (χ3n) is 4.77. The molecule has 0 radical (unpaired) electrons. The zero-order chi connectivity index (χ0) is 23.8. The van der Waals surface area contributed by atoms with Gasteiger partial charge < -0.3 is 24.8 Å². The van der Waals surface area contributed by atoms with E-state index in [1.54, 1.807) is 62.8 Å². The number of amides is 2. The van der Waals surface area contributed by atoms with Crippen molar-refractivity contribution in [3.05, 3.63) is 72.3 Å². The maximum absolute atomic E-state index is 12.7. The highest BCUT2D eigenvalue weighted by molar-refractivity contribution is 8.00. The molecule has 2 N–H and O–H groups in total. The van der Waals surface area contributed by atoms with Crippen LogP contribution in [0.25, 0.3) is 0 Å². The number of hydrogen-bond acceptors (Lipinski definition) is 6.